The van der Waals surface area contributed by atoms with Gasteiger partial charge in [-0.2, -0.15) is 0 Å². The number of nitrogens with one attached hydrogen (secondary N) is 6. The highest BCUT2D eigenvalue weighted by atomic mass is 35.5. The molecule has 0 aromatic carbocycles. The Kier molecular flexibility index (Phi) is 5.98. The lowest BCUT2D eigenvalue weighted by molar-refractivity contribution is 0.0692. The summed E-state index contributed by atoms with van der Waals surface area (Å²) < 4.78 is 0. The first kappa shape index (κ1) is 14.8. The number of rotatable bonds is 7. The first-order valence-electron chi connectivity index (χ1n) is 4.27. The molecule has 0 spiro atoms. The maximum atomic E-state index is 11.0. The number of carboxylic acid groups (broad SMARTS) is 1. The van der Waals surface area contributed by atoms with Crippen molar-refractivity contribution >= 4 is 58.5 Å². The van der Waals surface area contributed by atoms with Gasteiger partial charge in [-0.15, -0.1) is 14.8 Å². The molecule has 0 aliphatic carbocycles. The van der Waals surface area contributed by atoms with Gasteiger partial charge in [0, 0.05) is 0 Å². The van der Waals surface area contributed by atoms with E-state index in [2.05, 4.69) is 36.1 Å². The van der Waals surface area contributed by atoms with Gasteiger partial charge in [-0.25, -0.2) is 9.78 Å². The largest absolute Gasteiger partial charge is 0.476 e. The maximum Gasteiger partial charge on any atom is 0.356 e. The summed E-state index contributed by atoms with van der Waals surface area (Å²) in [4.78, 5) is 21.1. The molecule has 0 fully saturated rings. The number of aromatic carboxylic acids is 1. The lowest BCUT2D eigenvalue weighted by atomic mass is 10.2. The van der Waals surface area contributed by atoms with E-state index in [9.17, 15) is 4.79 Å². The summed E-state index contributed by atoms with van der Waals surface area (Å²) in [7, 11) is 0. The fourth-order valence-electron chi connectivity index (χ4n) is 1.11. The molecule has 0 radical (unpaired) electrons. The van der Waals surface area contributed by atoms with Crippen LogP contribution in [0.2, 0.25) is 0 Å². The van der Waals surface area contributed by atoms with Gasteiger partial charge in [0.1, 0.15) is 0 Å². The van der Waals surface area contributed by atoms with Gasteiger partial charge >= 0.3 is 5.97 Å². The van der Waals surface area contributed by atoms with Crippen molar-refractivity contribution in [1.82, 2.24) is 19.8 Å². The quantitative estimate of drug-likeness (QED) is 0.291. The van der Waals surface area contributed by atoms with Gasteiger partial charge < -0.3 is 16.0 Å². The summed E-state index contributed by atoms with van der Waals surface area (Å²) in [6.45, 7) is 0. The highest BCUT2D eigenvalue weighted by Gasteiger charge is 2.16. The van der Waals surface area contributed by atoms with E-state index in [0.29, 0.717) is 5.69 Å². The fourth-order valence-corrected chi connectivity index (χ4v) is 1.40. The van der Waals surface area contributed by atoms with Crippen molar-refractivity contribution in [2.45, 2.75) is 0 Å². The molecule has 0 aliphatic rings. The van der Waals surface area contributed by atoms with Crippen molar-refractivity contribution in [2.75, 3.05) is 16.3 Å². The third-order valence-electron chi connectivity index (χ3n) is 1.75. The summed E-state index contributed by atoms with van der Waals surface area (Å²) in [5.74, 6) is -1.15. The molecule has 0 unspecified atom stereocenters. The molecule has 18 heavy (non-hydrogen) atoms. The molecule has 0 saturated carbocycles. The maximum absolute atomic E-state index is 11.0. The summed E-state index contributed by atoms with van der Waals surface area (Å²) in [5.41, 5.74) is 7.50. The van der Waals surface area contributed by atoms with Crippen molar-refractivity contribution < 1.29 is 9.90 Å². The molecule has 12 heteroatoms. The molecule has 1 heterocycles. The first-order valence-corrected chi connectivity index (χ1v) is 5.40. The zero-order valence-corrected chi connectivity index (χ0v) is 10.8. The highest BCUT2D eigenvalue weighted by Crippen LogP contribution is 2.25. The Labute approximate surface area is 116 Å². The summed E-state index contributed by atoms with van der Waals surface area (Å²) >= 11 is 15.8. The Morgan fingerprint density at radius 2 is 1.61 bits per heavy atom. The second-order valence-corrected chi connectivity index (χ2v) is 3.31. The Morgan fingerprint density at radius 3 is 2.11 bits per heavy atom. The standard InChI is InChI=1S/C6H8Cl3N7O2/c7-14-11-2-1-3(12-15-8)5(13-16-9)10-4(2)6(17)18/h1,11-12,14-16H,(H,10,13)(H,17,18). The monoisotopic (exact) mass is 315 g/mol. The Balaban J connectivity index is 3.25. The topological polar surface area (TPSA) is 122 Å². The van der Waals surface area contributed by atoms with Gasteiger partial charge in [-0.05, 0) is 41.4 Å². The number of aromatic nitrogens is 1. The van der Waals surface area contributed by atoms with Crippen LogP contribution in [0, 0.1) is 0 Å². The van der Waals surface area contributed by atoms with Crippen LogP contribution in [-0.4, -0.2) is 16.1 Å². The van der Waals surface area contributed by atoms with Crippen LogP contribution in [0.5, 0.6) is 0 Å². The van der Waals surface area contributed by atoms with E-state index >= 15 is 0 Å². The smallest absolute Gasteiger partial charge is 0.356 e. The van der Waals surface area contributed by atoms with Gasteiger partial charge in [0.15, 0.2) is 11.5 Å². The number of hydrogen-bond acceptors (Lipinski definition) is 8. The van der Waals surface area contributed by atoms with Crippen molar-refractivity contribution in [3.05, 3.63) is 11.8 Å². The van der Waals surface area contributed by atoms with Crippen LogP contribution in [0.1, 0.15) is 10.5 Å². The lowest BCUT2D eigenvalue weighted by Gasteiger charge is -2.14. The fraction of sp³-hybridized carbons (Fsp3) is 0. The van der Waals surface area contributed by atoms with Gasteiger partial charge in [0.25, 0.3) is 0 Å². The molecule has 0 aliphatic heterocycles. The van der Waals surface area contributed by atoms with Crippen molar-refractivity contribution in [1.29, 1.82) is 0 Å². The van der Waals surface area contributed by atoms with Crippen LogP contribution in [0.3, 0.4) is 0 Å². The molecule has 0 atom stereocenters. The second kappa shape index (κ2) is 7.26. The number of hydrogen-bond donors (Lipinski definition) is 7. The van der Waals surface area contributed by atoms with Crippen molar-refractivity contribution in [3.8, 4) is 0 Å². The minimum Gasteiger partial charge on any atom is -0.476 e. The number of pyridine rings is 1. The molecular weight excluding hydrogens is 308 g/mol. The van der Waals surface area contributed by atoms with E-state index in [1.165, 1.54) is 6.07 Å². The Morgan fingerprint density at radius 1 is 1.06 bits per heavy atom. The predicted octanol–water partition coefficient (Wildman–Crippen LogP) is 0.991. The average molecular weight is 317 g/mol. The number of nitrogens with zero attached hydrogens (tertiary/aromatic N) is 1. The molecule has 1 aromatic heterocycles. The van der Waals surface area contributed by atoms with Crippen molar-refractivity contribution in [2.24, 2.45) is 0 Å². The number of halogens is 3. The van der Waals surface area contributed by atoms with Gasteiger partial charge in [-0.3, -0.25) is 5.43 Å². The minimum atomic E-state index is -1.26. The third kappa shape index (κ3) is 3.63. The second-order valence-electron chi connectivity index (χ2n) is 2.74. The van der Waals surface area contributed by atoms with Crippen molar-refractivity contribution in [3.63, 3.8) is 0 Å². The predicted molar refractivity (Wildman–Crippen MR) is 69.0 cm³/mol. The van der Waals surface area contributed by atoms with E-state index < -0.39 is 5.97 Å². The van der Waals surface area contributed by atoms with Crippen LogP contribution in [-0.2, 0) is 0 Å². The minimum absolute atomic E-state index is 0.107. The van der Waals surface area contributed by atoms with E-state index in [0.717, 1.165) is 0 Å². The molecular formula is C6H8Cl3N7O2. The molecule has 0 saturated heterocycles. The van der Waals surface area contributed by atoms with Crippen LogP contribution in [0.15, 0.2) is 6.07 Å². The SMILES string of the molecule is O=C(O)c1nc(NNCl)c(NNCl)cc1NNCl. The molecule has 100 valence electrons. The number of anilines is 3. The molecule has 0 bridgehead atoms. The number of hydrazine groups is 3. The molecule has 1 rings (SSSR count). The van der Waals surface area contributed by atoms with Crippen LogP contribution in [0.25, 0.3) is 0 Å². The Bertz CT molecular complexity index is 432. The van der Waals surface area contributed by atoms with Crippen LogP contribution < -0.4 is 31.1 Å². The summed E-state index contributed by atoms with van der Waals surface area (Å²) in [6.07, 6.45) is 0. The van der Waals surface area contributed by atoms with E-state index in [-0.39, 0.29) is 17.2 Å². The Hall–Kier alpha value is -1.23. The number of carboxylic acids is 1. The van der Waals surface area contributed by atoms with E-state index in [1.807, 2.05) is 0 Å². The summed E-state index contributed by atoms with van der Waals surface area (Å²) in [5, 5.41) is 8.99. The zero-order chi connectivity index (χ0) is 13.5. The van der Waals surface area contributed by atoms with Gasteiger partial charge in [0.2, 0.25) is 0 Å². The third-order valence-corrected chi connectivity index (χ3v) is 2.04. The first-order chi connectivity index (χ1) is 8.63. The lowest BCUT2D eigenvalue weighted by Crippen LogP contribution is -2.20. The normalized spacial score (nSPS) is 9.94. The summed E-state index contributed by atoms with van der Waals surface area (Å²) in [6, 6.07) is 1.39. The number of carbonyl (C=O) groups is 1. The molecule has 7 N–H and O–H groups in total. The van der Waals surface area contributed by atoms with Crippen LogP contribution in [0.4, 0.5) is 17.2 Å². The molecule has 9 nitrogen and oxygen atoms in total. The van der Waals surface area contributed by atoms with Gasteiger partial charge in [0.05, 0.1) is 11.4 Å². The average Bonchev–Trinajstić information content (AvgIpc) is 2.32. The van der Waals surface area contributed by atoms with Gasteiger partial charge in [-0.1, -0.05) is 0 Å². The van der Waals surface area contributed by atoms with E-state index in [4.69, 9.17) is 40.4 Å². The molecule has 0 amide bonds. The molecule has 1 aromatic rings. The van der Waals surface area contributed by atoms with Crippen LogP contribution >= 0.6 is 35.3 Å². The van der Waals surface area contributed by atoms with E-state index in [1.54, 1.807) is 0 Å². The highest BCUT2D eigenvalue weighted by molar-refractivity contribution is 6.15. The zero-order valence-electron chi connectivity index (χ0n) is 8.51.